The van der Waals surface area contributed by atoms with E-state index < -0.39 is 0 Å². The second-order valence-electron chi connectivity index (χ2n) is 4.47. The molecule has 2 amide bonds. The van der Waals surface area contributed by atoms with E-state index in [2.05, 4.69) is 15.6 Å². The lowest BCUT2D eigenvalue weighted by Crippen LogP contribution is -2.32. The van der Waals surface area contributed by atoms with Crippen LogP contribution in [0.4, 0.5) is 9.93 Å². The maximum Gasteiger partial charge on any atom is 0.321 e. The van der Waals surface area contributed by atoms with Crippen LogP contribution in [0.5, 0.6) is 0 Å². The number of thiazole rings is 1. The molecule has 5 nitrogen and oxygen atoms in total. The molecule has 0 aliphatic carbocycles. The second kappa shape index (κ2) is 7.33. The number of aryl methyl sites for hydroxylation is 1. The van der Waals surface area contributed by atoms with Crippen LogP contribution < -0.4 is 10.6 Å². The molecule has 0 radical (unpaired) electrons. The van der Waals surface area contributed by atoms with E-state index in [0.29, 0.717) is 18.1 Å². The Morgan fingerprint density at radius 3 is 2.83 bits per heavy atom. The summed E-state index contributed by atoms with van der Waals surface area (Å²) < 4.78 is 0. The largest absolute Gasteiger partial charge is 0.393 e. The van der Waals surface area contributed by atoms with Crippen molar-refractivity contribution >= 4 is 22.5 Å². The third-order valence-corrected chi connectivity index (χ3v) is 3.67. The van der Waals surface area contributed by atoms with Crippen molar-refractivity contribution in [3.63, 3.8) is 0 Å². The van der Waals surface area contributed by atoms with Gasteiger partial charge in [-0.25, -0.2) is 9.78 Å². The number of carbonyl (C=O) groups is 1. The number of hydrogen-bond acceptors (Lipinski definition) is 4. The molecule has 0 bridgehead atoms. The summed E-state index contributed by atoms with van der Waals surface area (Å²) >= 11 is 1.47. The predicted molar refractivity (Wildman–Crippen MR) is 74.0 cm³/mol. The molecule has 0 aliphatic rings. The van der Waals surface area contributed by atoms with Gasteiger partial charge in [-0.05, 0) is 18.8 Å². The Labute approximate surface area is 112 Å². The number of carbonyl (C=O) groups excluding carboxylic acids is 1. The highest BCUT2D eigenvalue weighted by Gasteiger charge is 2.10. The van der Waals surface area contributed by atoms with Gasteiger partial charge < -0.3 is 10.4 Å². The highest BCUT2D eigenvalue weighted by molar-refractivity contribution is 7.15. The first-order valence-corrected chi connectivity index (χ1v) is 7.02. The fraction of sp³-hybridized carbons (Fsp3) is 0.667. The highest BCUT2D eigenvalue weighted by atomic mass is 32.1. The lowest BCUT2D eigenvalue weighted by molar-refractivity contribution is 0.117. The Kier molecular flexibility index (Phi) is 6.07. The minimum Gasteiger partial charge on any atom is -0.393 e. The molecule has 0 saturated carbocycles. The van der Waals surface area contributed by atoms with E-state index >= 15 is 0 Å². The summed E-state index contributed by atoms with van der Waals surface area (Å²) in [6.07, 6.45) is 2.87. The number of aliphatic hydroxyl groups is 1. The topological polar surface area (TPSA) is 74.2 Å². The average molecular weight is 271 g/mol. The Hall–Kier alpha value is -1.14. The van der Waals surface area contributed by atoms with Gasteiger partial charge in [-0.3, -0.25) is 5.32 Å². The van der Waals surface area contributed by atoms with Gasteiger partial charge in [0.2, 0.25) is 0 Å². The summed E-state index contributed by atoms with van der Waals surface area (Å²) in [7, 11) is 0. The Bertz CT molecular complexity index is 379. The van der Waals surface area contributed by atoms with Crippen LogP contribution in [0.2, 0.25) is 0 Å². The van der Waals surface area contributed by atoms with Gasteiger partial charge in [-0.2, -0.15) is 0 Å². The van der Waals surface area contributed by atoms with Crippen molar-refractivity contribution < 1.29 is 9.90 Å². The molecule has 0 fully saturated rings. The third-order valence-electron chi connectivity index (χ3n) is 2.62. The number of anilines is 1. The monoisotopic (exact) mass is 271 g/mol. The number of amides is 2. The first-order valence-electron chi connectivity index (χ1n) is 6.20. The molecule has 6 heteroatoms. The number of aliphatic hydroxyl groups excluding tert-OH is 1. The van der Waals surface area contributed by atoms with Crippen LogP contribution in [0.15, 0.2) is 6.20 Å². The van der Waals surface area contributed by atoms with Crippen LogP contribution in [-0.4, -0.2) is 28.8 Å². The zero-order valence-corrected chi connectivity index (χ0v) is 11.9. The fourth-order valence-corrected chi connectivity index (χ4v) is 2.08. The van der Waals surface area contributed by atoms with Gasteiger partial charge in [0, 0.05) is 17.6 Å². The van der Waals surface area contributed by atoms with Gasteiger partial charge in [-0.15, -0.1) is 11.3 Å². The van der Waals surface area contributed by atoms with Crippen LogP contribution in [0.1, 0.15) is 32.1 Å². The molecule has 0 aromatic carbocycles. The Balaban J connectivity index is 2.25. The molecular weight excluding hydrogens is 250 g/mol. The number of rotatable bonds is 6. The fourth-order valence-electron chi connectivity index (χ4n) is 1.34. The molecule has 1 rings (SSSR count). The van der Waals surface area contributed by atoms with Crippen LogP contribution in [0.25, 0.3) is 0 Å². The molecule has 1 heterocycles. The molecule has 102 valence electrons. The van der Waals surface area contributed by atoms with E-state index in [1.54, 1.807) is 6.20 Å². The van der Waals surface area contributed by atoms with Crippen LogP contribution in [-0.2, 0) is 6.42 Å². The number of nitrogens with zero attached hydrogens (tertiary/aromatic N) is 1. The maximum atomic E-state index is 11.5. The second-order valence-corrected chi connectivity index (χ2v) is 5.58. The quantitative estimate of drug-likeness (QED) is 0.743. The minimum absolute atomic E-state index is 0.209. The molecule has 1 atom stereocenters. The smallest absolute Gasteiger partial charge is 0.321 e. The zero-order valence-electron chi connectivity index (χ0n) is 11.1. The molecule has 1 aromatic rings. The van der Waals surface area contributed by atoms with Crippen molar-refractivity contribution in [3.8, 4) is 0 Å². The SMILES string of the molecule is CCc1cnc(NC(=O)NCCC(O)C(C)C)s1. The molecule has 0 aliphatic heterocycles. The van der Waals surface area contributed by atoms with E-state index in [1.807, 2.05) is 20.8 Å². The van der Waals surface area contributed by atoms with Crippen molar-refractivity contribution in [2.45, 2.75) is 39.7 Å². The van der Waals surface area contributed by atoms with Gasteiger partial charge in [0.1, 0.15) is 0 Å². The van der Waals surface area contributed by atoms with E-state index in [4.69, 9.17) is 0 Å². The molecule has 18 heavy (non-hydrogen) atoms. The number of aromatic nitrogens is 1. The Morgan fingerprint density at radius 2 is 2.28 bits per heavy atom. The summed E-state index contributed by atoms with van der Waals surface area (Å²) in [6, 6.07) is -0.275. The first kappa shape index (κ1) is 14.9. The van der Waals surface area contributed by atoms with E-state index in [-0.39, 0.29) is 18.1 Å². The molecule has 0 spiro atoms. The maximum absolute atomic E-state index is 11.5. The summed E-state index contributed by atoms with van der Waals surface area (Å²) in [4.78, 5) is 16.8. The number of urea groups is 1. The van der Waals surface area contributed by atoms with Crippen molar-refractivity contribution in [1.82, 2.24) is 10.3 Å². The van der Waals surface area contributed by atoms with Gasteiger partial charge in [-0.1, -0.05) is 20.8 Å². The lowest BCUT2D eigenvalue weighted by atomic mass is 10.0. The average Bonchev–Trinajstić information content (AvgIpc) is 2.76. The van der Waals surface area contributed by atoms with Crippen LogP contribution in [0, 0.1) is 5.92 Å². The van der Waals surface area contributed by atoms with Crippen molar-refractivity contribution in [2.75, 3.05) is 11.9 Å². The van der Waals surface area contributed by atoms with Gasteiger partial charge in [0.05, 0.1) is 6.10 Å². The number of hydrogen-bond donors (Lipinski definition) is 3. The molecule has 3 N–H and O–H groups in total. The van der Waals surface area contributed by atoms with Gasteiger partial charge >= 0.3 is 6.03 Å². The summed E-state index contributed by atoms with van der Waals surface area (Å²) in [5.41, 5.74) is 0. The zero-order chi connectivity index (χ0) is 13.5. The van der Waals surface area contributed by atoms with Crippen molar-refractivity contribution in [3.05, 3.63) is 11.1 Å². The summed E-state index contributed by atoms with van der Waals surface area (Å²) in [5.74, 6) is 0.209. The highest BCUT2D eigenvalue weighted by Crippen LogP contribution is 2.17. The molecule has 0 saturated heterocycles. The Morgan fingerprint density at radius 1 is 1.56 bits per heavy atom. The molecular formula is C12H21N3O2S. The van der Waals surface area contributed by atoms with Crippen molar-refractivity contribution in [1.29, 1.82) is 0 Å². The van der Waals surface area contributed by atoms with Gasteiger partial charge in [0.25, 0.3) is 0 Å². The van der Waals surface area contributed by atoms with E-state index in [0.717, 1.165) is 11.3 Å². The molecule has 1 aromatic heterocycles. The standard InChI is InChI=1S/C12H21N3O2S/c1-4-9-7-14-12(18-9)15-11(17)13-6-5-10(16)8(2)3/h7-8,10,16H,4-6H2,1-3H3,(H2,13,14,15,17). The first-order chi connectivity index (χ1) is 8.52. The van der Waals surface area contributed by atoms with E-state index in [9.17, 15) is 9.90 Å². The van der Waals surface area contributed by atoms with Gasteiger partial charge in [0.15, 0.2) is 5.13 Å². The van der Waals surface area contributed by atoms with E-state index in [1.165, 1.54) is 11.3 Å². The predicted octanol–water partition coefficient (Wildman–Crippen LogP) is 2.23. The minimum atomic E-state index is -0.378. The lowest BCUT2D eigenvalue weighted by Gasteiger charge is -2.14. The van der Waals surface area contributed by atoms with Crippen LogP contribution in [0.3, 0.4) is 0 Å². The van der Waals surface area contributed by atoms with Crippen molar-refractivity contribution in [2.24, 2.45) is 5.92 Å². The summed E-state index contributed by atoms with van der Waals surface area (Å²) in [5, 5.41) is 15.6. The molecule has 1 unspecified atom stereocenters. The third kappa shape index (κ3) is 5.01. The number of nitrogens with one attached hydrogen (secondary N) is 2. The normalized spacial score (nSPS) is 12.5. The van der Waals surface area contributed by atoms with Crippen LogP contribution >= 0.6 is 11.3 Å². The summed E-state index contributed by atoms with van der Waals surface area (Å²) in [6.45, 7) is 6.40.